The Bertz CT molecular complexity index is 736. The predicted octanol–water partition coefficient (Wildman–Crippen LogP) is 8.43. The van der Waals surface area contributed by atoms with Crippen molar-refractivity contribution in [3.05, 3.63) is 0 Å². The Labute approximate surface area is 295 Å². The van der Waals surface area contributed by atoms with Crippen LogP contribution in [0.25, 0.3) is 0 Å². The Kier molecular flexibility index (Phi) is 28.2. The van der Waals surface area contributed by atoms with Crippen LogP contribution < -0.4 is 0 Å². The van der Waals surface area contributed by atoms with Crippen LogP contribution in [0, 0.1) is 11.8 Å². The molecule has 286 valence electrons. The molecule has 1 aliphatic rings. The van der Waals surface area contributed by atoms with Gasteiger partial charge >= 0.3 is 5.97 Å². The molecule has 0 radical (unpaired) electrons. The third kappa shape index (κ3) is 22.1. The summed E-state index contributed by atoms with van der Waals surface area (Å²) in [5, 5.41) is 41.4. The van der Waals surface area contributed by atoms with Crippen LogP contribution in [0.5, 0.6) is 0 Å². The van der Waals surface area contributed by atoms with E-state index in [1.165, 1.54) is 109 Å². The highest BCUT2D eigenvalue weighted by Crippen LogP contribution is 2.28. The molecule has 0 bridgehead atoms. The lowest BCUT2D eigenvalue weighted by molar-refractivity contribution is -0.168. The van der Waals surface area contributed by atoms with E-state index < -0.39 is 42.6 Å². The zero-order valence-electron chi connectivity index (χ0n) is 31.6. The predicted molar refractivity (Wildman–Crippen MR) is 195 cm³/mol. The number of esters is 1. The van der Waals surface area contributed by atoms with E-state index in [9.17, 15) is 25.2 Å². The van der Waals surface area contributed by atoms with Crippen molar-refractivity contribution >= 4 is 5.97 Å². The summed E-state index contributed by atoms with van der Waals surface area (Å²) in [4.78, 5) is 12.5. The van der Waals surface area contributed by atoms with Crippen LogP contribution >= 0.6 is 0 Å². The first-order valence-electron chi connectivity index (χ1n) is 20.3. The molecular weight excluding hydrogens is 608 g/mol. The number of aliphatic hydroxyl groups is 4. The van der Waals surface area contributed by atoms with Crippen molar-refractivity contribution in [2.45, 2.75) is 218 Å². The number of carbonyl (C=O) groups excluding carboxylic acids is 1. The van der Waals surface area contributed by atoms with Crippen molar-refractivity contribution in [2.75, 3.05) is 19.8 Å². The summed E-state index contributed by atoms with van der Waals surface area (Å²) in [6, 6.07) is 0. The minimum Gasteiger partial charge on any atom is -0.457 e. The third-order valence-corrected chi connectivity index (χ3v) is 10.2. The number of rotatable bonds is 33. The first-order valence-corrected chi connectivity index (χ1v) is 20.3. The highest BCUT2D eigenvalue weighted by molar-refractivity contribution is 5.69. The van der Waals surface area contributed by atoms with Gasteiger partial charge in [0, 0.05) is 13.0 Å². The topological polar surface area (TPSA) is 126 Å². The fourth-order valence-corrected chi connectivity index (χ4v) is 6.82. The van der Waals surface area contributed by atoms with E-state index in [0.29, 0.717) is 13.0 Å². The highest BCUT2D eigenvalue weighted by atomic mass is 16.6. The number of ether oxygens (including phenoxy) is 3. The van der Waals surface area contributed by atoms with Gasteiger partial charge in [0.1, 0.15) is 30.5 Å². The lowest BCUT2D eigenvalue weighted by Gasteiger charge is -2.24. The van der Waals surface area contributed by atoms with Gasteiger partial charge in [-0.2, -0.15) is 0 Å². The van der Waals surface area contributed by atoms with Crippen LogP contribution in [0.1, 0.15) is 182 Å². The molecule has 0 heterocycles. The number of aliphatic hydroxyl groups excluding tert-OH is 4. The van der Waals surface area contributed by atoms with E-state index in [0.717, 1.165) is 43.9 Å². The summed E-state index contributed by atoms with van der Waals surface area (Å²) in [5.74, 6) is 1.18. The van der Waals surface area contributed by atoms with E-state index in [1.54, 1.807) is 0 Å². The molecule has 8 heteroatoms. The highest BCUT2D eigenvalue weighted by Gasteiger charge is 2.52. The molecule has 0 aliphatic heterocycles. The summed E-state index contributed by atoms with van der Waals surface area (Å²) >= 11 is 0. The van der Waals surface area contributed by atoms with Crippen molar-refractivity contribution in [1.82, 2.24) is 0 Å². The fourth-order valence-electron chi connectivity index (χ4n) is 6.82. The van der Waals surface area contributed by atoms with E-state index in [1.807, 2.05) is 0 Å². The first-order chi connectivity index (χ1) is 23.2. The van der Waals surface area contributed by atoms with Gasteiger partial charge in [-0.3, -0.25) is 4.79 Å². The van der Waals surface area contributed by atoms with Crippen molar-refractivity contribution in [3.8, 4) is 0 Å². The van der Waals surface area contributed by atoms with E-state index in [2.05, 4.69) is 27.7 Å². The molecule has 0 aromatic carbocycles. The van der Waals surface area contributed by atoms with Crippen LogP contribution in [-0.2, 0) is 19.0 Å². The number of hydrogen-bond acceptors (Lipinski definition) is 8. The average molecular weight is 687 g/mol. The minimum absolute atomic E-state index is 0.0902. The van der Waals surface area contributed by atoms with Crippen molar-refractivity contribution in [3.63, 3.8) is 0 Å². The van der Waals surface area contributed by atoms with Crippen LogP contribution in [0.15, 0.2) is 0 Å². The van der Waals surface area contributed by atoms with Gasteiger partial charge in [-0.1, -0.05) is 163 Å². The second kappa shape index (κ2) is 29.9. The SMILES string of the molecule is CCCCCCC(C)CCCCCCCCCOCC(O)CO[C@@H]1[C@@H](O)[C@H](O)[C@@H](O)[C@@H]1OC(=O)CCCCCCCCC(C)CCCC. The molecule has 0 aromatic heterocycles. The number of carbonyl (C=O) groups is 1. The summed E-state index contributed by atoms with van der Waals surface area (Å²) in [5.41, 5.74) is 0. The standard InChI is InChI=1S/C40H78O8/c1-5-7-9-19-25-33(4)27-21-15-11-10-14-18-23-29-46-30-34(41)31-47-39-37(44)36(43)38(45)40(39)48-35(42)28-22-17-13-12-16-20-26-32(3)24-8-6-2/h32-34,36-41,43-45H,5-31H2,1-4H3/t32?,33?,34?,36-,37-,38+,39+,40-/m0/s1. The summed E-state index contributed by atoms with van der Waals surface area (Å²) in [6.07, 6.45) is 20.8. The van der Waals surface area contributed by atoms with Gasteiger partial charge in [-0.25, -0.2) is 0 Å². The lowest BCUT2D eigenvalue weighted by atomic mass is 9.96. The molecule has 1 aliphatic carbocycles. The quantitative estimate of drug-likeness (QED) is 0.0401. The van der Waals surface area contributed by atoms with E-state index in [4.69, 9.17) is 14.2 Å². The van der Waals surface area contributed by atoms with Crippen molar-refractivity contribution in [1.29, 1.82) is 0 Å². The first kappa shape index (κ1) is 45.3. The number of unbranched alkanes of at least 4 members (excludes halogenated alkanes) is 15. The van der Waals surface area contributed by atoms with E-state index >= 15 is 0 Å². The molecule has 1 saturated carbocycles. The molecule has 3 unspecified atom stereocenters. The molecule has 4 N–H and O–H groups in total. The van der Waals surface area contributed by atoms with Gasteiger partial charge in [-0.05, 0) is 24.7 Å². The molecule has 0 saturated heterocycles. The molecule has 0 aromatic rings. The molecule has 1 fully saturated rings. The van der Waals surface area contributed by atoms with Gasteiger partial charge in [-0.15, -0.1) is 0 Å². The minimum atomic E-state index is -1.49. The van der Waals surface area contributed by atoms with Gasteiger partial charge in [0.25, 0.3) is 0 Å². The maximum absolute atomic E-state index is 12.5. The Morgan fingerprint density at radius 1 is 0.562 bits per heavy atom. The van der Waals surface area contributed by atoms with Crippen molar-refractivity contribution in [2.24, 2.45) is 11.8 Å². The Hall–Kier alpha value is -0.770. The fraction of sp³-hybridized carbons (Fsp3) is 0.975. The van der Waals surface area contributed by atoms with Crippen LogP contribution in [0.2, 0.25) is 0 Å². The summed E-state index contributed by atoms with van der Waals surface area (Å²) in [6.45, 7) is 9.74. The zero-order valence-corrected chi connectivity index (χ0v) is 31.6. The van der Waals surface area contributed by atoms with Gasteiger partial charge in [0.2, 0.25) is 0 Å². The van der Waals surface area contributed by atoms with Gasteiger partial charge in [0.15, 0.2) is 6.10 Å². The smallest absolute Gasteiger partial charge is 0.306 e. The van der Waals surface area contributed by atoms with Crippen LogP contribution in [0.4, 0.5) is 0 Å². The monoisotopic (exact) mass is 687 g/mol. The molecule has 1 rings (SSSR count). The Balaban J connectivity index is 2.12. The number of hydrogen-bond donors (Lipinski definition) is 4. The lowest BCUT2D eigenvalue weighted by Crippen LogP contribution is -2.41. The van der Waals surface area contributed by atoms with E-state index in [-0.39, 0.29) is 19.6 Å². The summed E-state index contributed by atoms with van der Waals surface area (Å²) in [7, 11) is 0. The molecule has 0 spiro atoms. The average Bonchev–Trinajstić information content (AvgIpc) is 3.26. The molecule has 48 heavy (non-hydrogen) atoms. The van der Waals surface area contributed by atoms with Crippen molar-refractivity contribution < 1.29 is 39.4 Å². The third-order valence-electron chi connectivity index (χ3n) is 10.2. The van der Waals surface area contributed by atoms with Gasteiger partial charge in [0.05, 0.1) is 13.2 Å². The molecule has 8 atom stereocenters. The second-order valence-corrected chi connectivity index (χ2v) is 15.1. The van der Waals surface area contributed by atoms with Gasteiger partial charge < -0.3 is 34.6 Å². The normalized spacial score (nSPS) is 23.0. The molecule has 8 nitrogen and oxygen atoms in total. The zero-order chi connectivity index (χ0) is 35.4. The van der Waals surface area contributed by atoms with Crippen LogP contribution in [-0.4, -0.2) is 82.8 Å². The maximum atomic E-state index is 12.5. The molecular formula is C40H78O8. The summed E-state index contributed by atoms with van der Waals surface area (Å²) < 4.78 is 16.7. The Morgan fingerprint density at radius 3 is 1.58 bits per heavy atom. The maximum Gasteiger partial charge on any atom is 0.306 e. The second-order valence-electron chi connectivity index (χ2n) is 15.1. The molecule has 0 amide bonds. The Morgan fingerprint density at radius 2 is 1.02 bits per heavy atom. The largest absolute Gasteiger partial charge is 0.457 e. The van der Waals surface area contributed by atoms with Crippen LogP contribution in [0.3, 0.4) is 0 Å².